The number of carbonyl (C=O) groups excluding carboxylic acids is 7. The number of unbranched alkanes of at least 4 members (excludes halogenated alkanes) is 22. The van der Waals surface area contributed by atoms with E-state index in [0.29, 0.717) is 12.8 Å². The third-order valence-corrected chi connectivity index (χ3v) is 13.6. The number of ether oxygens (including phenoxy) is 6. The average Bonchev–Trinajstić information content (AvgIpc) is 3.37. The van der Waals surface area contributed by atoms with Crippen LogP contribution in [0, 0.1) is 5.92 Å². The summed E-state index contributed by atoms with van der Waals surface area (Å²) >= 11 is 0. The highest BCUT2D eigenvalue weighted by Crippen LogP contribution is 2.30. The van der Waals surface area contributed by atoms with Gasteiger partial charge in [-0.2, -0.15) is 0 Å². The van der Waals surface area contributed by atoms with Crippen molar-refractivity contribution in [3.8, 4) is 0 Å². The van der Waals surface area contributed by atoms with Crippen molar-refractivity contribution < 1.29 is 62.0 Å². The van der Waals surface area contributed by atoms with Crippen LogP contribution in [0.2, 0.25) is 0 Å². The molecule has 0 unspecified atom stereocenters. The van der Waals surface area contributed by atoms with Crippen LogP contribution in [0.5, 0.6) is 0 Å². The molecule has 16 nitrogen and oxygen atoms in total. The molecule has 422 valence electrons. The number of esters is 4. The largest absolute Gasteiger partial charge is 0.461 e. The molecule has 3 N–H and O–H groups in total. The van der Waals surface area contributed by atoms with Gasteiger partial charge in [0.1, 0.15) is 18.7 Å². The first-order valence-electron chi connectivity index (χ1n) is 28.5. The molecule has 0 aromatic heterocycles. The van der Waals surface area contributed by atoms with E-state index in [0.717, 1.165) is 70.8 Å². The minimum Gasteiger partial charge on any atom is -0.461 e. The molecule has 7 atom stereocenters. The summed E-state index contributed by atoms with van der Waals surface area (Å²) in [6, 6.07) is 6.53. The van der Waals surface area contributed by atoms with Crippen molar-refractivity contribution in [1.82, 2.24) is 16.0 Å². The van der Waals surface area contributed by atoms with Crippen LogP contribution < -0.4 is 16.0 Å². The molecule has 1 heterocycles. The van der Waals surface area contributed by atoms with Gasteiger partial charge in [0.15, 0.2) is 24.6 Å². The molecule has 0 saturated carbocycles. The third-order valence-electron chi connectivity index (χ3n) is 13.6. The highest BCUT2D eigenvalue weighted by atomic mass is 16.7. The number of nitrogens with one attached hydrogen (secondary N) is 3. The van der Waals surface area contributed by atoms with E-state index in [4.69, 9.17) is 28.4 Å². The van der Waals surface area contributed by atoms with E-state index in [-0.39, 0.29) is 25.4 Å². The quantitative estimate of drug-likeness (QED) is 0.0316. The molecule has 1 aromatic rings. The Morgan fingerprint density at radius 2 is 0.959 bits per heavy atom. The summed E-state index contributed by atoms with van der Waals surface area (Å²) in [4.78, 5) is 92.1. The van der Waals surface area contributed by atoms with Crippen molar-refractivity contribution in [3.63, 3.8) is 0 Å². The van der Waals surface area contributed by atoms with E-state index in [9.17, 15) is 33.6 Å². The van der Waals surface area contributed by atoms with Crippen LogP contribution in [0.25, 0.3) is 0 Å². The normalized spacial score (nSPS) is 18.2. The Balaban J connectivity index is 2.32. The Hall–Kier alpha value is -4.57. The smallest absolute Gasteiger partial charge is 0.306 e. The fraction of sp³-hybridized carbons (Fsp3) is 0.776. The van der Waals surface area contributed by atoms with Gasteiger partial charge in [0.05, 0.1) is 12.7 Å². The fourth-order valence-corrected chi connectivity index (χ4v) is 9.43. The zero-order chi connectivity index (χ0) is 54.4. The highest BCUT2D eigenvalue weighted by Gasteiger charge is 2.51. The summed E-state index contributed by atoms with van der Waals surface area (Å²) in [5.41, 5.74) is 0.792. The fourth-order valence-electron chi connectivity index (χ4n) is 9.43. The molecule has 0 bridgehead atoms. The predicted octanol–water partition coefficient (Wildman–Crippen LogP) is 10.6. The Morgan fingerprint density at radius 1 is 0.527 bits per heavy atom. The second kappa shape index (κ2) is 40.7. The van der Waals surface area contributed by atoms with Gasteiger partial charge in [-0.25, -0.2) is 0 Å². The van der Waals surface area contributed by atoms with Gasteiger partial charge in [-0.1, -0.05) is 198 Å². The zero-order valence-corrected chi connectivity index (χ0v) is 46.5. The molecule has 0 spiro atoms. The van der Waals surface area contributed by atoms with E-state index in [2.05, 4.69) is 29.8 Å². The van der Waals surface area contributed by atoms with E-state index >= 15 is 0 Å². The molecular formula is C58H97N3O13. The molecule has 1 aliphatic heterocycles. The molecule has 1 saturated heterocycles. The lowest BCUT2D eigenvalue weighted by Gasteiger charge is -2.43. The van der Waals surface area contributed by atoms with Crippen molar-refractivity contribution in [2.45, 2.75) is 271 Å². The summed E-state index contributed by atoms with van der Waals surface area (Å²) < 4.78 is 34.3. The van der Waals surface area contributed by atoms with Crippen molar-refractivity contribution >= 4 is 41.6 Å². The molecule has 0 aliphatic carbocycles. The number of hydrogen-bond donors (Lipinski definition) is 3. The number of rotatable bonds is 42. The van der Waals surface area contributed by atoms with Crippen LogP contribution in [-0.4, -0.2) is 98.0 Å². The van der Waals surface area contributed by atoms with Crippen LogP contribution in [0.4, 0.5) is 0 Å². The minimum atomic E-state index is -1.47. The van der Waals surface area contributed by atoms with E-state index in [1.807, 2.05) is 30.3 Å². The number of carbonyl (C=O) groups is 7. The molecular weight excluding hydrogens is 947 g/mol. The molecule has 3 amide bonds. The van der Waals surface area contributed by atoms with Gasteiger partial charge in [0.25, 0.3) is 0 Å². The van der Waals surface area contributed by atoms with Crippen molar-refractivity contribution in [3.05, 3.63) is 35.9 Å². The summed E-state index contributed by atoms with van der Waals surface area (Å²) in [6.07, 6.45) is 23.0. The zero-order valence-electron chi connectivity index (χ0n) is 46.5. The molecule has 2 rings (SSSR count). The van der Waals surface area contributed by atoms with Gasteiger partial charge in [0.2, 0.25) is 17.7 Å². The third kappa shape index (κ3) is 29.5. The first-order valence-corrected chi connectivity index (χ1v) is 28.5. The van der Waals surface area contributed by atoms with Gasteiger partial charge in [-0.05, 0) is 31.7 Å². The number of hydrogen-bond acceptors (Lipinski definition) is 13. The van der Waals surface area contributed by atoms with Gasteiger partial charge < -0.3 is 44.4 Å². The average molecular weight is 1040 g/mol. The molecule has 0 radical (unpaired) electrons. The first kappa shape index (κ1) is 65.5. The maximum absolute atomic E-state index is 14.5. The number of amides is 3. The molecule has 16 heteroatoms. The Kier molecular flexibility index (Phi) is 36.1. The van der Waals surface area contributed by atoms with Crippen LogP contribution in [0.15, 0.2) is 30.3 Å². The second-order valence-corrected chi connectivity index (χ2v) is 20.2. The second-order valence-electron chi connectivity index (χ2n) is 20.2. The van der Waals surface area contributed by atoms with Crippen LogP contribution in [0.1, 0.15) is 227 Å². The summed E-state index contributed by atoms with van der Waals surface area (Å²) in [5.74, 6) is -4.90. The summed E-state index contributed by atoms with van der Waals surface area (Å²) in [5, 5.41) is 8.21. The lowest BCUT2D eigenvalue weighted by molar-refractivity contribution is -0.301. The highest BCUT2D eigenvalue weighted by molar-refractivity contribution is 5.92. The molecule has 1 aliphatic rings. The summed E-state index contributed by atoms with van der Waals surface area (Å²) in [6.45, 7) is 9.00. The van der Waals surface area contributed by atoms with E-state index in [1.165, 1.54) is 117 Å². The van der Waals surface area contributed by atoms with Gasteiger partial charge >= 0.3 is 23.9 Å². The first-order chi connectivity index (χ1) is 35.7. The monoisotopic (exact) mass is 1040 g/mol. The van der Waals surface area contributed by atoms with Crippen molar-refractivity contribution in [2.24, 2.45) is 5.92 Å². The van der Waals surface area contributed by atoms with Crippen LogP contribution in [0.3, 0.4) is 0 Å². The standard InChI is InChI=1S/C58H97N3O13/c1-8-10-12-14-16-18-20-22-24-26-28-33-37-48(38-34-29-27-25-23-21-19-17-15-13-11-9-2)55(66)61-50(57(68)60-49(56(67)59-7)39-40-51(65)69-41-47-35-31-30-32-36-47)42-70-58-54(74-46(6)64)53(73-45(5)63)52(43(3)71-58)72-44(4)62/h30-32,35-36,43,48-50,52-54,58H,8-29,33-34,37-42H2,1-7H3,(H,59,67)(H,60,68)(H,61,66)/t43-,49+,50+,52+,53+,54-,58-/m0/s1. The van der Waals surface area contributed by atoms with Crippen LogP contribution in [-0.2, 0) is 68.6 Å². The SMILES string of the molecule is CCCCCCCCCCCCCCC(CCCCCCCCCCCCCC)C(=O)N[C@H](CO[C@H]1O[C@@H](C)[C@@H](OC(C)=O)[C@@H](OC(C)=O)[C@@H]1OC(C)=O)C(=O)N[C@H](CCC(=O)OCc1ccccc1)C(=O)NC. The molecule has 1 aromatic carbocycles. The van der Waals surface area contributed by atoms with Gasteiger partial charge in [-0.3, -0.25) is 33.6 Å². The van der Waals surface area contributed by atoms with Gasteiger partial charge in [0, 0.05) is 40.2 Å². The number of likely N-dealkylation sites (N-methyl/N-ethyl adjacent to an activating group) is 1. The Bertz CT molecular complexity index is 1700. The summed E-state index contributed by atoms with van der Waals surface area (Å²) in [7, 11) is 1.41. The van der Waals surface area contributed by atoms with Crippen LogP contribution >= 0.6 is 0 Å². The van der Waals surface area contributed by atoms with E-state index < -0.39 is 91.0 Å². The lowest BCUT2D eigenvalue weighted by atomic mass is 9.92. The number of benzene rings is 1. The predicted molar refractivity (Wildman–Crippen MR) is 285 cm³/mol. The van der Waals surface area contributed by atoms with Crippen molar-refractivity contribution in [1.29, 1.82) is 0 Å². The maximum atomic E-state index is 14.5. The Morgan fingerprint density at radius 3 is 1.42 bits per heavy atom. The van der Waals surface area contributed by atoms with Gasteiger partial charge in [-0.15, -0.1) is 0 Å². The topological polar surface area (TPSA) is 211 Å². The lowest BCUT2D eigenvalue weighted by Crippen LogP contribution is -2.62. The maximum Gasteiger partial charge on any atom is 0.306 e. The molecule has 1 fully saturated rings. The van der Waals surface area contributed by atoms with Crippen molar-refractivity contribution in [2.75, 3.05) is 13.7 Å². The minimum absolute atomic E-state index is 0.0396. The Labute approximate surface area is 444 Å². The van der Waals surface area contributed by atoms with E-state index in [1.54, 1.807) is 6.92 Å². The molecule has 74 heavy (non-hydrogen) atoms.